The highest BCUT2D eigenvalue weighted by Gasteiger charge is 2.30. The lowest BCUT2D eigenvalue weighted by Crippen LogP contribution is -2.02. The molecule has 0 heteroatoms. The summed E-state index contributed by atoms with van der Waals surface area (Å²) >= 11 is 0. The minimum absolute atomic E-state index is 0.448. The van der Waals surface area contributed by atoms with Crippen LogP contribution < -0.4 is 0 Å². The first-order valence-electron chi connectivity index (χ1n) is 7.49. The van der Waals surface area contributed by atoms with Gasteiger partial charge in [-0.3, -0.25) is 0 Å². The normalized spacial score (nSPS) is 23.4. The third kappa shape index (κ3) is 1.76. The minimum Gasteiger partial charge on any atom is -0.0876 e. The third-order valence-corrected chi connectivity index (χ3v) is 4.46. The highest BCUT2D eigenvalue weighted by atomic mass is 14.3. The second kappa shape index (κ2) is 4.79. The molecule has 0 N–H and O–H groups in total. The SMILES string of the molecule is C1=CC=C2CCCC=CC3C2=C(C=C1)c1ccccc13. The molecule has 3 aliphatic rings. The number of benzene rings is 1. The van der Waals surface area contributed by atoms with E-state index < -0.39 is 0 Å². The van der Waals surface area contributed by atoms with E-state index in [1.807, 2.05) is 0 Å². The molecule has 0 spiro atoms. The number of hydrogen-bond acceptors (Lipinski definition) is 0. The van der Waals surface area contributed by atoms with E-state index in [0.29, 0.717) is 5.92 Å². The molecule has 4 rings (SSSR count). The van der Waals surface area contributed by atoms with Crippen LogP contribution in [0.15, 0.2) is 77.9 Å². The molecular weight excluding hydrogens is 240 g/mol. The number of hydrogen-bond donors (Lipinski definition) is 0. The molecule has 98 valence electrons. The fourth-order valence-electron chi connectivity index (χ4n) is 3.57. The van der Waals surface area contributed by atoms with Gasteiger partial charge in [0.2, 0.25) is 0 Å². The first kappa shape index (κ1) is 11.7. The summed E-state index contributed by atoms with van der Waals surface area (Å²) in [5.41, 5.74) is 7.35. The van der Waals surface area contributed by atoms with Crippen LogP contribution in [0.25, 0.3) is 5.57 Å². The van der Waals surface area contributed by atoms with Crippen molar-refractivity contribution in [2.24, 2.45) is 0 Å². The van der Waals surface area contributed by atoms with Crippen LogP contribution in [0.2, 0.25) is 0 Å². The predicted molar refractivity (Wildman–Crippen MR) is 85.5 cm³/mol. The maximum Gasteiger partial charge on any atom is 0.0284 e. The van der Waals surface area contributed by atoms with E-state index in [9.17, 15) is 0 Å². The van der Waals surface area contributed by atoms with Crippen molar-refractivity contribution in [3.05, 3.63) is 89.1 Å². The van der Waals surface area contributed by atoms with E-state index in [1.165, 1.54) is 47.1 Å². The van der Waals surface area contributed by atoms with Gasteiger partial charge in [-0.1, -0.05) is 66.8 Å². The van der Waals surface area contributed by atoms with Gasteiger partial charge in [0.15, 0.2) is 0 Å². The van der Waals surface area contributed by atoms with Crippen LogP contribution in [0.3, 0.4) is 0 Å². The summed E-state index contributed by atoms with van der Waals surface area (Å²) in [7, 11) is 0. The Bertz CT molecular complexity index is 693. The fraction of sp³-hybridized carbons (Fsp3) is 0.200. The molecular formula is C20H18. The summed E-state index contributed by atoms with van der Waals surface area (Å²) in [5, 5.41) is 0. The largest absolute Gasteiger partial charge is 0.0876 e. The van der Waals surface area contributed by atoms with E-state index in [2.05, 4.69) is 66.8 Å². The van der Waals surface area contributed by atoms with Crippen molar-refractivity contribution < 1.29 is 0 Å². The molecule has 1 unspecified atom stereocenters. The molecule has 3 aliphatic carbocycles. The average Bonchev–Trinajstić information content (AvgIpc) is 2.72. The van der Waals surface area contributed by atoms with Crippen molar-refractivity contribution >= 4 is 5.57 Å². The summed E-state index contributed by atoms with van der Waals surface area (Å²) < 4.78 is 0. The molecule has 0 amide bonds. The Balaban J connectivity index is 2.00. The van der Waals surface area contributed by atoms with Crippen molar-refractivity contribution in [1.29, 1.82) is 0 Å². The molecule has 0 bridgehead atoms. The molecule has 0 saturated heterocycles. The fourth-order valence-corrected chi connectivity index (χ4v) is 3.57. The average molecular weight is 258 g/mol. The molecule has 20 heavy (non-hydrogen) atoms. The molecule has 0 aliphatic heterocycles. The second-order valence-electron chi connectivity index (χ2n) is 5.65. The van der Waals surface area contributed by atoms with Gasteiger partial charge in [0.05, 0.1) is 0 Å². The van der Waals surface area contributed by atoms with Crippen LogP contribution in [0.5, 0.6) is 0 Å². The van der Waals surface area contributed by atoms with Crippen LogP contribution >= 0.6 is 0 Å². The highest BCUT2D eigenvalue weighted by molar-refractivity contribution is 5.88. The van der Waals surface area contributed by atoms with E-state index in [1.54, 1.807) is 0 Å². The van der Waals surface area contributed by atoms with Gasteiger partial charge < -0.3 is 0 Å². The van der Waals surface area contributed by atoms with E-state index in [-0.39, 0.29) is 0 Å². The first-order chi connectivity index (χ1) is 9.95. The standard InChI is InChI=1S/C20H18/c1-3-9-15-10-4-2-6-14-19-17-12-8-7-11-16(17)18(13-5-1)20(15)19/h1,3,5-9,11-14,19H,2,4,10H2. The van der Waals surface area contributed by atoms with Crippen LogP contribution in [-0.4, -0.2) is 0 Å². The van der Waals surface area contributed by atoms with Crippen molar-refractivity contribution in [3.8, 4) is 0 Å². The van der Waals surface area contributed by atoms with Crippen molar-refractivity contribution in [3.63, 3.8) is 0 Å². The molecule has 0 heterocycles. The molecule has 1 atom stereocenters. The van der Waals surface area contributed by atoms with Crippen molar-refractivity contribution in [2.45, 2.75) is 25.2 Å². The van der Waals surface area contributed by atoms with Crippen LogP contribution in [0, 0.1) is 0 Å². The molecule has 0 fully saturated rings. The number of rotatable bonds is 0. The lowest BCUT2D eigenvalue weighted by molar-refractivity contribution is 0.803. The van der Waals surface area contributed by atoms with Gasteiger partial charge in [0.1, 0.15) is 0 Å². The predicted octanol–water partition coefficient (Wildman–Crippen LogP) is 5.33. The molecule has 0 radical (unpaired) electrons. The number of fused-ring (bicyclic) bond motifs is 3. The molecule has 0 saturated carbocycles. The van der Waals surface area contributed by atoms with E-state index in [4.69, 9.17) is 0 Å². The quantitative estimate of drug-likeness (QED) is 0.552. The van der Waals surface area contributed by atoms with E-state index in [0.717, 1.165) is 0 Å². The maximum atomic E-state index is 2.41. The summed E-state index contributed by atoms with van der Waals surface area (Å²) in [5.74, 6) is 0.448. The molecule has 1 aromatic rings. The van der Waals surface area contributed by atoms with E-state index >= 15 is 0 Å². The lowest BCUT2D eigenvalue weighted by atomic mass is 9.85. The third-order valence-electron chi connectivity index (χ3n) is 4.46. The Labute approximate surface area is 120 Å². The van der Waals surface area contributed by atoms with Crippen molar-refractivity contribution in [1.82, 2.24) is 0 Å². The molecule has 1 aromatic carbocycles. The van der Waals surface area contributed by atoms with Gasteiger partial charge in [0, 0.05) is 5.92 Å². The zero-order valence-electron chi connectivity index (χ0n) is 11.5. The smallest absolute Gasteiger partial charge is 0.0284 e. The highest BCUT2D eigenvalue weighted by Crippen LogP contribution is 2.48. The van der Waals surface area contributed by atoms with Crippen LogP contribution in [0.1, 0.15) is 36.3 Å². The molecule has 0 aromatic heterocycles. The monoisotopic (exact) mass is 258 g/mol. The van der Waals surface area contributed by atoms with Crippen LogP contribution in [0.4, 0.5) is 0 Å². The topological polar surface area (TPSA) is 0 Å². The summed E-state index contributed by atoms with van der Waals surface area (Å²) in [6.07, 6.45) is 19.5. The minimum atomic E-state index is 0.448. The summed E-state index contributed by atoms with van der Waals surface area (Å²) in [6.45, 7) is 0. The van der Waals surface area contributed by atoms with Gasteiger partial charge in [-0.25, -0.2) is 0 Å². The van der Waals surface area contributed by atoms with Gasteiger partial charge in [-0.05, 0) is 47.1 Å². The number of allylic oxidation sites excluding steroid dienone is 10. The zero-order chi connectivity index (χ0) is 13.4. The Morgan fingerprint density at radius 1 is 1.00 bits per heavy atom. The van der Waals surface area contributed by atoms with Gasteiger partial charge >= 0.3 is 0 Å². The maximum absolute atomic E-state index is 2.41. The Kier molecular flexibility index (Phi) is 2.81. The van der Waals surface area contributed by atoms with Crippen LogP contribution in [-0.2, 0) is 0 Å². The lowest BCUT2D eigenvalue weighted by Gasteiger charge is -2.19. The Morgan fingerprint density at radius 3 is 2.95 bits per heavy atom. The summed E-state index contributed by atoms with van der Waals surface area (Å²) in [6, 6.07) is 8.87. The summed E-state index contributed by atoms with van der Waals surface area (Å²) in [4.78, 5) is 0. The molecule has 0 nitrogen and oxygen atoms in total. The van der Waals surface area contributed by atoms with Gasteiger partial charge in [-0.2, -0.15) is 0 Å². The zero-order valence-corrected chi connectivity index (χ0v) is 11.5. The van der Waals surface area contributed by atoms with Gasteiger partial charge in [0.25, 0.3) is 0 Å². The Hall–Kier alpha value is -2.08. The Morgan fingerprint density at radius 2 is 1.95 bits per heavy atom. The second-order valence-corrected chi connectivity index (χ2v) is 5.65. The van der Waals surface area contributed by atoms with Gasteiger partial charge in [-0.15, -0.1) is 0 Å². The van der Waals surface area contributed by atoms with Crippen molar-refractivity contribution in [2.75, 3.05) is 0 Å². The first-order valence-corrected chi connectivity index (χ1v) is 7.49.